The molecule has 7 nitrogen and oxygen atoms in total. The van der Waals surface area contributed by atoms with Gasteiger partial charge in [0.1, 0.15) is 18.2 Å². The molecule has 2 aromatic heterocycles. The third-order valence-corrected chi connectivity index (χ3v) is 4.70. The molecule has 0 unspecified atom stereocenters. The van der Waals surface area contributed by atoms with Gasteiger partial charge in [-0.3, -0.25) is 4.79 Å². The van der Waals surface area contributed by atoms with Gasteiger partial charge >= 0.3 is 0 Å². The Balaban J connectivity index is 1.39. The van der Waals surface area contributed by atoms with E-state index < -0.39 is 0 Å². The molecule has 0 fully saturated rings. The van der Waals surface area contributed by atoms with Crippen molar-refractivity contribution in [1.82, 2.24) is 9.78 Å². The number of carbonyl (C=O) groups is 1. The van der Waals surface area contributed by atoms with Crippen LogP contribution in [0.25, 0.3) is 0 Å². The number of anilines is 1. The first-order valence-corrected chi connectivity index (χ1v) is 9.85. The highest BCUT2D eigenvalue weighted by Gasteiger charge is 2.15. The van der Waals surface area contributed by atoms with E-state index in [1.165, 1.54) is 5.56 Å². The quantitative estimate of drug-likeness (QED) is 0.451. The third kappa shape index (κ3) is 4.95. The number of rotatable bonds is 8. The van der Waals surface area contributed by atoms with Crippen LogP contribution in [0.5, 0.6) is 11.5 Å². The molecule has 7 heteroatoms. The zero-order valence-electron chi connectivity index (χ0n) is 17.4. The second-order valence-corrected chi connectivity index (χ2v) is 7.02. The Morgan fingerprint density at radius 1 is 1.06 bits per heavy atom. The van der Waals surface area contributed by atoms with Crippen molar-refractivity contribution in [3.8, 4) is 11.5 Å². The lowest BCUT2D eigenvalue weighted by Crippen LogP contribution is -2.15. The minimum atomic E-state index is -0.352. The van der Waals surface area contributed by atoms with Gasteiger partial charge < -0.3 is 19.2 Å². The van der Waals surface area contributed by atoms with E-state index in [9.17, 15) is 4.79 Å². The van der Waals surface area contributed by atoms with E-state index in [-0.39, 0.29) is 18.3 Å². The topological polar surface area (TPSA) is 78.5 Å². The molecule has 4 aromatic rings. The Hall–Kier alpha value is -4.00. The SMILES string of the molecule is COc1ccccc1OCc1ccc(C(=O)Nc2ccnn2Cc2cccc(C)c2)o1. The number of nitrogens with one attached hydrogen (secondary N) is 1. The maximum atomic E-state index is 12.7. The molecule has 2 aromatic carbocycles. The van der Waals surface area contributed by atoms with E-state index in [0.29, 0.717) is 29.6 Å². The first-order chi connectivity index (χ1) is 15.1. The molecule has 0 spiro atoms. The van der Waals surface area contributed by atoms with Crippen molar-refractivity contribution >= 4 is 11.7 Å². The Kier molecular flexibility index (Phi) is 6.03. The number of aryl methyl sites for hydroxylation is 1. The maximum absolute atomic E-state index is 12.7. The largest absolute Gasteiger partial charge is 0.493 e. The van der Waals surface area contributed by atoms with Gasteiger partial charge in [-0.05, 0) is 36.8 Å². The van der Waals surface area contributed by atoms with Crippen molar-refractivity contribution in [2.45, 2.75) is 20.1 Å². The van der Waals surface area contributed by atoms with E-state index in [1.807, 2.05) is 49.4 Å². The minimum absolute atomic E-state index is 0.180. The molecule has 0 aliphatic rings. The van der Waals surface area contributed by atoms with Crippen molar-refractivity contribution in [2.75, 3.05) is 12.4 Å². The van der Waals surface area contributed by atoms with E-state index in [0.717, 1.165) is 5.56 Å². The maximum Gasteiger partial charge on any atom is 0.292 e. The zero-order chi connectivity index (χ0) is 21.6. The average molecular weight is 417 g/mol. The molecule has 1 amide bonds. The number of aromatic nitrogens is 2. The van der Waals surface area contributed by atoms with Crippen LogP contribution in [-0.4, -0.2) is 22.8 Å². The molecule has 1 N–H and O–H groups in total. The third-order valence-electron chi connectivity index (χ3n) is 4.70. The van der Waals surface area contributed by atoms with Crippen molar-refractivity contribution in [3.63, 3.8) is 0 Å². The number of hydrogen-bond acceptors (Lipinski definition) is 5. The molecule has 31 heavy (non-hydrogen) atoms. The van der Waals surface area contributed by atoms with Crippen molar-refractivity contribution in [2.24, 2.45) is 0 Å². The molecule has 0 radical (unpaired) electrons. The number of methoxy groups -OCH3 is 1. The minimum Gasteiger partial charge on any atom is -0.493 e. The number of amides is 1. The number of ether oxygens (including phenoxy) is 2. The zero-order valence-corrected chi connectivity index (χ0v) is 17.4. The molecule has 0 bridgehead atoms. The van der Waals surface area contributed by atoms with Crippen LogP contribution >= 0.6 is 0 Å². The van der Waals surface area contributed by atoms with Crippen LogP contribution in [0.1, 0.15) is 27.4 Å². The molecule has 0 atom stereocenters. The summed E-state index contributed by atoms with van der Waals surface area (Å²) >= 11 is 0. The molecular formula is C24H23N3O4. The van der Waals surface area contributed by atoms with Gasteiger partial charge in [-0.2, -0.15) is 5.10 Å². The molecule has 158 valence electrons. The molecule has 0 aliphatic carbocycles. The van der Waals surface area contributed by atoms with Crippen molar-refractivity contribution < 1.29 is 18.7 Å². The summed E-state index contributed by atoms with van der Waals surface area (Å²) in [7, 11) is 1.58. The summed E-state index contributed by atoms with van der Waals surface area (Å²) in [6, 6.07) is 20.6. The van der Waals surface area contributed by atoms with Crippen LogP contribution in [0.3, 0.4) is 0 Å². The summed E-state index contributed by atoms with van der Waals surface area (Å²) in [5, 5.41) is 7.17. The number of para-hydroxylation sites is 2. The van der Waals surface area contributed by atoms with E-state index >= 15 is 0 Å². The lowest BCUT2D eigenvalue weighted by Gasteiger charge is -2.09. The first kappa shape index (κ1) is 20.3. The molecule has 0 saturated carbocycles. The van der Waals surface area contributed by atoms with Crippen molar-refractivity contribution in [3.05, 3.63) is 95.6 Å². The van der Waals surface area contributed by atoms with Crippen LogP contribution in [0.4, 0.5) is 5.82 Å². The molecule has 0 saturated heterocycles. The summed E-state index contributed by atoms with van der Waals surface area (Å²) in [6.45, 7) is 2.78. The lowest BCUT2D eigenvalue weighted by molar-refractivity contribution is 0.0991. The van der Waals surface area contributed by atoms with Crippen molar-refractivity contribution in [1.29, 1.82) is 0 Å². The number of benzene rings is 2. The number of furan rings is 1. The normalized spacial score (nSPS) is 10.6. The smallest absolute Gasteiger partial charge is 0.292 e. The fourth-order valence-electron chi connectivity index (χ4n) is 3.19. The monoisotopic (exact) mass is 417 g/mol. The van der Waals surface area contributed by atoms with Gasteiger partial charge in [-0.1, -0.05) is 42.0 Å². The highest BCUT2D eigenvalue weighted by molar-refractivity contribution is 6.01. The Labute approximate surface area is 180 Å². The highest BCUT2D eigenvalue weighted by Crippen LogP contribution is 2.27. The predicted octanol–water partition coefficient (Wildman–Crippen LogP) is 4.67. The van der Waals surface area contributed by atoms with Crippen LogP contribution < -0.4 is 14.8 Å². The van der Waals surface area contributed by atoms with Gasteiger partial charge in [0, 0.05) is 6.07 Å². The van der Waals surface area contributed by atoms with E-state index in [1.54, 1.807) is 36.2 Å². The molecule has 0 aliphatic heterocycles. The first-order valence-electron chi connectivity index (χ1n) is 9.85. The van der Waals surface area contributed by atoms with Gasteiger partial charge in [0.15, 0.2) is 17.3 Å². The van der Waals surface area contributed by atoms with Gasteiger partial charge in [-0.15, -0.1) is 0 Å². The van der Waals surface area contributed by atoms with Gasteiger partial charge in [0.2, 0.25) is 0 Å². The fraction of sp³-hybridized carbons (Fsp3) is 0.167. The summed E-state index contributed by atoms with van der Waals surface area (Å²) in [5.41, 5.74) is 2.28. The van der Waals surface area contributed by atoms with Crippen LogP contribution in [0.2, 0.25) is 0 Å². The molecular weight excluding hydrogens is 394 g/mol. The summed E-state index contributed by atoms with van der Waals surface area (Å²) in [6.07, 6.45) is 1.65. The lowest BCUT2D eigenvalue weighted by atomic mass is 10.1. The standard InChI is InChI=1S/C24H23N3O4/c1-17-6-5-7-18(14-17)15-27-23(12-13-25-27)26-24(28)22-11-10-19(31-22)16-30-21-9-4-3-8-20(21)29-2/h3-14H,15-16H2,1-2H3,(H,26,28). The Bertz CT molecular complexity index is 1180. The van der Waals surface area contributed by atoms with E-state index in [4.69, 9.17) is 13.9 Å². The van der Waals surface area contributed by atoms with E-state index in [2.05, 4.69) is 16.5 Å². The molecule has 4 rings (SSSR count). The fourth-order valence-corrected chi connectivity index (χ4v) is 3.19. The van der Waals surface area contributed by atoms with Crippen LogP contribution in [-0.2, 0) is 13.2 Å². The summed E-state index contributed by atoms with van der Waals surface area (Å²) in [5.74, 6) is 2.21. The summed E-state index contributed by atoms with van der Waals surface area (Å²) < 4.78 is 18.4. The van der Waals surface area contributed by atoms with Crippen LogP contribution in [0, 0.1) is 6.92 Å². The van der Waals surface area contributed by atoms with Gasteiger partial charge in [0.05, 0.1) is 19.9 Å². The number of nitrogens with zero attached hydrogens (tertiary/aromatic N) is 2. The Morgan fingerprint density at radius 3 is 2.71 bits per heavy atom. The molecule has 2 heterocycles. The number of carbonyl (C=O) groups excluding carboxylic acids is 1. The summed E-state index contributed by atoms with van der Waals surface area (Å²) in [4.78, 5) is 12.7. The van der Waals surface area contributed by atoms with Gasteiger partial charge in [-0.25, -0.2) is 4.68 Å². The van der Waals surface area contributed by atoms with Crippen LogP contribution in [0.15, 0.2) is 77.3 Å². The second-order valence-electron chi connectivity index (χ2n) is 7.02. The van der Waals surface area contributed by atoms with Gasteiger partial charge in [0.25, 0.3) is 5.91 Å². The Morgan fingerprint density at radius 2 is 1.90 bits per heavy atom. The average Bonchev–Trinajstić information content (AvgIpc) is 3.42. The second kappa shape index (κ2) is 9.21. The highest BCUT2D eigenvalue weighted by atomic mass is 16.5. The predicted molar refractivity (Wildman–Crippen MR) is 116 cm³/mol. The number of hydrogen-bond donors (Lipinski definition) is 1.